The highest BCUT2D eigenvalue weighted by molar-refractivity contribution is 6.01. The Morgan fingerprint density at radius 2 is 2.50 bits per heavy atom. The second kappa shape index (κ2) is 4.61. The van der Waals surface area contributed by atoms with Gasteiger partial charge in [0, 0.05) is 25.8 Å². The number of hydrogen-bond acceptors (Lipinski definition) is 4. The van der Waals surface area contributed by atoms with Crippen molar-refractivity contribution >= 4 is 11.6 Å². The van der Waals surface area contributed by atoms with E-state index in [1.807, 2.05) is 13.0 Å². The maximum Gasteiger partial charge on any atom is 0.167 e. The SMILES string of the molecule is Cc1ccnc(N)c1C(=O)CC1CCOC1. The van der Waals surface area contributed by atoms with Gasteiger partial charge in [-0.05, 0) is 30.9 Å². The minimum Gasteiger partial charge on any atom is -0.383 e. The molecule has 1 saturated heterocycles. The topological polar surface area (TPSA) is 65.2 Å². The zero-order valence-electron chi connectivity index (χ0n) is 9.40. The zero-order valence-corrected chi connectivity index (χ0v) is 9.40. The Bertz CT molecular complexity index is 378. The molecule has 0 saturated carbocycles. The van der Waals surface area contributed by atoms with E-state index in [1.165, 1.54) is 0 Å². The smallest absolute Gasteiger partial charge is 0.167 e. The van der Waals surface area contributed by atoms with E-state index in [0.717, 1.165) is 18.6 Å². The van der Waals surface area contributed by atoms with Crippen LogP contribution in [0, 0.1) is 12.8 Å². The van der Waals surface area contributed by atoms with Crippen LogP contribution in [-0.2, 0) is 4.74 Å². The van der Waals surface area contributed by atoms with Crippen LogP contribution in [0.2, 0.25) is 0 Å². The summed E-state index contributed by atoms with van der Waals surface area (Å²) in [6.07, 6.45) is 3.10. The first kappa shape index (κ1) is 11.1. The molecule has 1 aliphatic rings. The summed E-state index contributed by atoms with van der Waals surface area (Å²) in [5.41, 5.74) is 7.21. The first-order chi connectivity index (χ1) is 7.68. The summed E-state index contributed by atoms with van der Waals surface area (Å²) in [5, 5.41) is 0. The molecular formula is C12H16N2O2. The van der Waals surface area contributed by atoms with E-state index in [0.29, 0.717) is 30.3 Å². The lowest BCUT2D eigenvalue weighted by molar-refractivity contribution is 0.0953. The van der Waals surface area contributed by atoms with Gasteiger partial charge in [-0.15, -0.1) is 0 Å². The summed E-state index contributed by atoms with van der Waals surface area (Å²) in [6, 6.07) is 1.81. The van der Waals surface area contributed by atoms with Crippen molar-refractivity contribution in [2.75, 3.05) is 18.9 Å². The number of Topliss-reactive ketones (excluding diaryl/α,β-unsaturated/α-hetero) is 1. The Balaban J connectivity index is 2.13. The van der Waals surface area contributed by atoms with Gasteiger partial charge in [0.15, 0.2) is 5.78 Å². The van der Waals surface area contributed by atoms with Gasteiger partial charge in [-0.1, -0.05) is 0 Å². The van der Waals surface area contributed by atoms with Crippen molar-refractivity contribution in [1.29, 1.82) is 0 Å². The molecule has 1 aliphatic heterocycles. The first-order valence-electron chi connectivity index (χ1n) is 5.50. The summed E-state index contributed by atoms with van der Waals surface area (Å²) in [7, 11) is 0. The van der Waals surface area contributed by atoms with Crippen LogP contribution in [-0.4, -0.2) is 24.0 Å². The third-order valence-corrected chi connectivity index (χ3v) is 2.97. The molecule has 4 nitrogen and oxygen atoms in total. The number of anilines is 1. The molecule has 2 heterocycles. The number of carbonyl (C=O) groups is 1. The van der Waals surface area contributed by atoms with Gasteiger partial charge in [0.2, 0.25) is 0 Å². The number of carbonyl (C=O) groups excluding carboxylic acids is 1. The number of ether oxygens (including phenoxy) is 1. The maximum absolute atomic E-state index is 12.1. The molecule has 1 atom stereocenters. The molecule has 0 bridgehead atoms. The standard InChI is InChI=1S/C12H16N2O2/c1-8-2-4-14-12(13)11(8)10(15)6-9-3-5-16-7-9/h2,4,9H,3,5-7H2,1H3,(H2,13,14). The molecule has 0 amide bonds. The molecule has 1 aromatic heterocycles. The van der Waals surface area contributed by atoms with Crippen molar-refractivity contribution in [2.45, 2.75) is 19.8 Å². The van der Waals surface area contributed by atoms with E-state index >= 15 is 0 Å². The van der Waals surface area contributed by atoms with Crippen LogP contribution in [0.4, 0.5) is 5.82 Å². The molecule has 0 spiro atoms. The van der Waals surface area contributed by atoms with Gasteiger partial charge in [0.25, 0.3) is 0 Å². The molecule has 1 fully saturated rings. The molecule has 0 radical (unpaired) electrons. The van der Waals surface area contributed by atoms with Gasteiger partial charge in [0.1, 0.15) is 5.82 Å². The van der Waals surface area contributed by atoms with Gasteiger partial charge >= 0.3 is 0 Å². The minimum atomic E-state index is 0.0820. The van der Waals surface area contributed by atoms with Crippen molar-refractivity contribution < 1.29 is 9.53 Å². The molecule has 2 rings (SSSR count). The number of hydrogen-bond donors (Lipinski definition) is 1. The van der Waals surface area contributed by atoms with Crippen LogP contribution >= 0.6 is 0 Å². The van der Waals surface area contributed by atoms with Gasteiger partial charge in [-0.25, -0.2) is 4.98 Å². The van der Waals surface area contributed by atoms with Crippen LogP contribution in [0.25, 0.3) is 0 Å². The third-order valence-electron chi connectivity index (χ3n) is 2.97. The number of pyridine rings is 1. The summed E-state index contributed by atoms with van der Waals surface area (Å²) < 4.78 is 5.26. The van der Waals surface area contributed by atoms with Crippen LogP contribution < -0.4 is 5.73 Å². The van der Waals surface area contributed by atoms with Gasteiger partial charge in [-0.3, -0.25) is 4.79 Å². The Morgan fingerprint density at radius 3 is 3.12 bits per heavy atom. The van der Waals surface area contributed by atoms with Crippen LogP contribution in [0.1, 0.15) is 28.8 Å². The van der Waals surface area contributed by atoms with Crippen LogP contribution in [0.15, 0.2) is 12.3 Å². The number of nitrogens with zero attached hydrogens (tertiary/aromatic N) is 1. The van der Waals surface area contributed by atoms with E-state index in [-0.39, 0.29) is 5.78 Å². The third kappa shape index (κ3) is 2.22. The van der Waals surface area contributed by atoms with E-state index in [9.17, 15) is 4.79 Å². The molecule has 4 heteroatoms. The molecule has 86 valence electrons. The molecule has 2 N–H and O–H groups in total. The Hall–Kier alpha value is -1.42. The first-order valence-corrected chi connectivity index (χ1v) is 5.50. The van der Waals surface area contributed by atoms with E-state index in [1.54, 1.807) is 6.20 Å². The van der Waals surface area contributed by atoms with Crippen molar-refractivity contribution in [3.63, 3.8) is 0 Å². The molecular weight excluding hydrogens is 204 g/mol. The van der Waals surface area contributed by atoms with Crippen molar-refractivity contribution in [3.8, 4) is 0 Å². The normalized spacial score (nSPS) is 19.9. The molecule has 0 aliphatic carbocycles. The van der Waals surface area contributed by atoms with Crippen molar-refractivity contribution in [3.05, 3.63) is 23.4 Å². The van der Waals surface area contributed by atoms with E-state index in [4.69, 9.17) is 10.5 Å². The monoisotopic (exact) mass is 220 g/mol. The van der Waals surface area contributed by atoms with Gasteiger partial charge in [-0.2, -0.15) is 0 Å². The lowest BCUT2D eigenvalue weighted by Gasteiger charge is -2.10. The zero-order chi connectivity index (χ0) is 11.5. The Kier molecular flexibility index (Phi) is 3.19. The highest BCUT2D eigenvalue weighted by Gasteiger charge is 2.22. The molecule has 16 heavy (non-hydrogen) atoms. The second-order valence-electron chi connectivity index (χ2n) is 4.25. The summed E-state index contributed by atoms with van der Waals surface area (Å²) in [4.78, 5) is 16.0. The maximum atomic E-state index is 12.1. The predicted molar refractivity (Wildman–Crippen MR) is 61.3 cm³/mol. The fourth-order valence-electron chi connectivity index (χ4n) is 2.05. The lowest BCUT2D eigenvalue weighted by Crippen LogP contribution is -2.13. The molecule has 0 aromatic carbocycles. The minimum absolute atomic E-state index is 0.0820. The number of aromatic nitrogens is 1. The van der Waals surface area contributed by atoms with Gasteiger partial charge in [0.05, 0.1) is 5.56 Å². The number of rotatable bonds is 3. The fraction of sp³-hybridized carbons (Fsp3) is 0.500. The van der Waals surface area contributed by atoms with Crippen molar-refractivity contribution in [1.82, 2.24) is 4.98 Å². The highest BCUT2D eigenvalue weighted by atomic mass is 16.5. The summed E-state index contributed by atoms with van der Waals surface area (Å²) >= 11 is 0. The molecule has 1 aromatic rings. The number of nitrogens with two attached hydrogens (primary N) is 1. The summed E-state index contributed by atoms with van der Waals surface area (Å²) in [6.45, 7) is 3.33. The van der Waals surface area contributed by atoms with E-state index in [2.05, 4.69) is 4.98 Å². The quantitative estimate of drug-likeness (QED) is 0.785. The lowest BCUT2D eigenvalue weighted by atomic mass is 9.96. The summed E-state index contributed by atoms with van der Waals surface area (Å²) in [5.74, 6) is 0.758. The predicted octanol–water partition coefficient (Wildman–Crippen LogP) is 1.58. The number of nitrogen functional groups attached to an aromatic ring is 1. The average Bonchev–Trinajstić information content (AvgIpc) is 2.70. The van der Waals surface area contributed by atoms with Crippen LogP contribution in [0.3, 0.4) is 0 Å². The number of aryl methyl sites for hydroxylation is 1. The van der Waals surface area contributed by atoms with E-state index < -0.39 is 0 Å². The fourth-order valence-corrected chi connectivity index (χ4v) is 2.05. The largest absolute Gasteiger partial charge is 0.383 e. The molecule has 1 unspecified atom stereocenters. The van der Waals surface area contributed by atoms with Crippen molar-refractivity contribution in [2.24, 2.45) is 5.92 Å². The number of ketones is 1. The Morgan fingerprint density at radius 1 is 1.69 bits per heavy atom. The Labute approximate surface area is 94.8 Å². The van der Waals surface area contributed by atoms with Gasteiger partial charge < -0.3 is 10.5 Å². The van der Waals surface area contributed by atoms with Crippen LogP contribution in [0.5, 0.6) is 0 Å². The average molecular weight is 220 g/mol. The highest BCUT2D eigenvalue weighted by Crippen LogP contribution is 2.22. The second-order valence-corrected chi connectivity index (χ2v) is 4.25.